The van der Waals surface area contributed by atoms with E-state index in [9.17, 15) is 4.79 Å². The zero-order valence-corrected chi connectivity index (χ0v) is 12.1. The first-order valence-electron chi connectivity index (χ1n) is 6.72. The van der Waals surface area contributed by atoms with Gasteiger partial charge in [0, 0.05) is 6.42 Å². The van der Waals surface area contributed by atoms with Gasteiger partial charge in [-0.1, -0.05) is 19.1 Å². The normalized spacial score (nSPS) is 10.4. The molecule has 1 amide bonds. The summed E-state index contributed by atoms with van der Waals surface area (Å²) in [7, 11) is 0. The van der Waals surface area contributed by atoms with Crippen LogP contribution in [0.5, 0.6) is 11.6 Å². The SMILES string of the molecule is CCCc1nc(N)c(C)c(Oc2ccccc2C(N)=O)n1. The second-order valence-corrected chi connectivity index (χ2v) is 4.67. The summed E-state index contributed by atoms with van der Waals surface area (Å²) in [5.41, 5.74) is 12.1. The van der Waals surface area contributed by atoms with Gasteiger partial charge in [-0.05, 0) is 25.5 Å². The zero-order chi connectivity index (χ0) is 15.4. The van der Waals surface area contributed by atoms with E-state index < -0.39 is 5.91 Å². The van der Waals surface area contributed by atoms with Crippen molar-refractivity contribution >= 4 is 11.7 Å². The van der Waals surface area contributed by atoms with Gasteiger partial charge in [0.25, 0.3) is 5.91 Å². The number of para-hydroxylation sites is 1. The van der Waals surface area contributed by atoms with E-state index in [0.717, 1.165) is 6.42 Å². The number of amides is 1. The van der Waals surface area contributed by atoms with E-state index in [1.807, 2.05) is 6.92 Å². The Kier molecular flexibility index (Phi) is 4.37. The molecule has 21 heavy (non-hydrogen) atoms. The highest BCUT2D eigenvalue weighted by molar-refractivity contribution is 5.95. The van der Waals surface area contributed by atoms with Gasteiger partial charge in [0.2, 0.25) is 5.88 Å². The molecule has 6 heteroatoms. The molecule has 0 saturated heterocycles. The van der Waals surface area contributed by atoms with Crippen molar-refractivity contribution in [1.29, 1.82) is 0 Å². The van der Waals surface area contributed by atoms with E-state index in [0.29, 0.717) is 40.8 Å². The summed E-state index contributed by atoms with van der Waals surface area (Å²) in [4.78, 5) is 20.0. The van der Waals surface area contributed by atoms with Crippen LogP contribution in [-0.4, -0.2) is 15.9 Å². The molecule has 0 aliphatic carbocycles. The van der Waals surface area contributed by atoms with Gasteiger partial charge in [0.1, 0.15) is 17.4 Å². The molecule has 2 rings (SSSR count). The lowest BCUT2D eigenvalue weighted by Crippen LogP contribution is -2.12. The lowest BCUT2D eigenvalue weighted by atomic mass is 10.2. The van der Waals surface area contributed by atoms with E-state index in [1.165, 1.54) is 0 Å². The molecule has 0 fully saturated rings. The van der Waals surface area contributed by atoms with Crippen LogP contribution in [0.4, 0.5) is 5.82 Å². The van der Waals surface area contributed by atoms with Crippen molar-refractivity contribution in [1.82, 2.24) is 9.97 Å². The Morgan fingerprint density at radius 2 is 2.00 bits per heavy atom. The summed E-state index contributed by atoms with van der Waals surface area (Å²) in [5.74, 6) is 1.14. The molecular weight excluding hydrogens is 268 g/mol. The predicted molar refractivity (Wildman–Crippen MR) is 80.2 cm³/mol. The molecule has 0 saturated carbocycles. The molecule has 0 aliphatic heterocycles. The predicted octanol–water partition coefficient (Wildman–Crippen LogP) is 2.21. The molecule has 1 heterocycles. The van der Waals surface area contributed by atoms with Gasteiger partial charge in [-0.3, -0.25) is 4.79 Å². The highest BCUT2D eigenvalue weighted by Gasteiger charge is 2.14. The van der Waals surface area contributed by atoms with Gasteiger partial charge >= 0.3 is 0 Å². The second kappa shape index (κ2) is 6.21. The largest absolute Gasteiger partial charge is 0.438 e. The van der Waals surface area contributed by atoms with E-state index in [4.69, 9.17) is 16.2 Å². The Hall–Kier alpha value is -2.63. The van der Waals surface area contributed by atoms with Gasteiger partial charge in [0.15, 0.2) is 0 Å². The lowest BCUT2D eigenvalue weighted by molar-refractivity contribution is 0.0998. The highest BCUT2D eigenvalue weighted by atomic mass is 16.5. The summed E-state index contributed by atoms with van der Waals surface area (Å²) < 4.78 is 5.74. The first-order chi connectivity index (χ1) is 10.0. The number of hydrogen-bond donors (Lipinski definition) is 2. The van der Waals surface area contributed by atoms with Gasteiger partial charge < -0.3 is 16.2 Å². The van der Waals surface area contributed by atoms with E-state index in [1.54, 1.807) is 31.2 Å². The van der Waals surface area contributed by atoms with Crippen LogP contribution in [-0.2, 0) is 6.42 Å². The average molecular weight is 286 g/mol. The number of hydrogen-bond acceptors (Lipinski definition) is 5. The minimum atomic E-state index is -0.556. The van der Waals surface area contributed by atoms with Crippen molar-refractivity contribution in [3.05, 3.63) is 41.2 Å². The number of aromatic nitrogens is 2. The Morgan fingerprint density at radius 1 is 1.29 bits per heavy atom. The first kappa shape index (κ1) is 14.8. The van der Waals surface area contributed by atoms with E-state index in [2.05, 4.69) is 9.97 Å². The Bertz CT molecular complexity index is 671. The van der Waals surface area contributed by atoms with E-state index in [-0.39, 0.29) is 0 Å². The number of anilines is 1. The second-order valence-electron chi connectivity index (χ2n) is 4.67. The number of primary amides is 1. The Morgan fingerprint density at radius 3 is 2.67 bits per heavy atom. The van der Waals surface area contributed by atoms with Crippen molar-refractivity contribution in [3.8, 4) is 11.6 Å². The number of aryl methyl sites for hydroxylation is 1. The van der Waals surface area contributed by atoms with Crippen LogP contribution in [0.3, 0.4) is 0 Å². The number of carbonyl (C=O) groups is 1. The van der Waals surface area contributed by atoms with Crippen molar-refractivity contribution in [2.75, 3.05) is 5.73 Å². The van der Waals surface area contributed by atoms with Crippen molar-refractivity contribution in [3.63, 3.8) is 0 Å². The highest BCUT2D eigenvalue weighted by Crippen LogP contribution is 2.28. The first-order valence-corrected chi connectivity index (χ1v) is 6.72. The van der Waals surface area contributed by atoms with Crippen LogP contribution in [0.1, 0.15) is 35.1 Å². The van der Waals surface area contributed by atoms with Crippen LogP contribution < -0.4 is 16.2 Å². The fourth-order valence-corrected chi connectivity index (χ4v) is 1.86. The van der Waals surface area contributed by atoms with Crippen LogP contribution in [0.2, 0.25) is 0 Å². The van der Waals surface area contributed by atoms with Crippen LogP contribution >= 0.6 is 0 Å². The third-order valence-electron chi connectivity index (χ3n) is 3.02. The summed E-state index contributed by atoms with van der Waals surface area (Å²) >= 11 is 0. The lowest BCUT2D eigenvalue weighted by Gasteiger charge is -2.12. The van der Waals surface area contributed by atoms with Gasteiger partial charge in [-0.25, -0.2) is 4.98 Å². The molecular formula is C15H18N4O2. The molecule has 0 bridgehead atoms. The van der Waals surface area contributed by atoms with Gasteiger partial charge in [-0.2, -0.15) is 4.98 Å². The number of benzene rings is 1. The third kappa shape index (κ3) is 3.28. The maximum Gasteiger partial charge on any atom is 0.252 e. The Labute approximate surface area is 123 Å². The fourth-order valence-electron chi connectivity index (χ4n) is 1.86. The Balaban J connectivity index is 2.42. The fraction of sp³-hybridized carbons (Fsp3) is 0.267. The summed E-state index contributed by atoms with van der Waals surface area (Å²) in [6.45, 7) is 3.80. The molecule has 4 N–H and O–H groups in total. The molecule has 110 valence electrons. The number of ether oxygens (including phenoxy) is 1. The minimum absolute atomic E-state index is 0.297. The molecule has 1 aromatic carbocycles. The monoisotopic (exact) mass is 286 g/mol. The molecule has 0 unspecified atom stereocenters. The molecule has 2 aromatic rings. The number of rotatable bonds is 5. The molecule has 0 aliphatic rings. The maximum absolute atomic E-state index is 11.4. The average Bonchev–Trinajstić information content (AvgIpc) is 2.45. The number of nitrogen functional groups attached to an aromatic ring is 1. The van der Waals surface area contributed by atoms with Crippen LogP contribution in [0.25, 0.3) is 0 Å². The standard InChI is InChI=1S/C15H18N4O2/c1-3-6-12-18-13(16)9(2)15(19-12)21-11-8-5-4-7-10(11)14(17)20/h4-5,7-8H,3,6H2,1-2H3,(H2,17,20)(H2,16,18,19). The van der Waals surface area contributed by atoms with Gasteiger partial charge in [0.05, 0.1) is 11.1 Å². The number of nitrogens with zero attached hydrogens (tertiary/aromatic N) is 2. The molecule has 0 radical (unpaired) electrons. The van der Waals surface area contributed by atoms with Gasteiger partial charge in [-0.15, -0.1) is 0 Å². The molecule has 6 nitrogen and oxygen atoms in total. The molecule has 0 spiro atoms. The summed E-state index contributed by atoms with van der Waals surface area (Å²) in [6.07, 6.45) is 1.61. The van der Waals surface area contributed by atoms with Crippen molar-refractivity contribution in [2.24, 2.45) is 5.73 Å². The molecule has 0 atom stereocenters. The third-order valence-corrected chi connectivity index (χ3v) is 3.02. The maximum atomic E-state index is 11.4. The van der Waals surface area contributed by atoms with E-state index >= 15 is 0 Å². The minimum Gasteiger partial charge on any atom is -0.438 e. The van der Waals surface area contributed by atoms with Crippen LogP contribution in [0, 0.1) is 6.92 Å². The van der Waals surface area contributed by atoms with Crippen molar-refractivity contribution < 1.29 is 9.53 Å². The summed E-state index contributed by atoms with van der Waals surface area (Å²) in [5, 5.41) is 0. The smallest absolute Gasteiger partial charge is 0.252 e. The quantitative estimate of drug-likeness (QED) is 0.876. The molecule has 1 aromatic heterocycles. The zero-order valence-electron chi connectivity index (χ0n) is 12.1. The topological polar surface area (TPSA) is 104 Å². The number of nitrogens with two attached hydrogens (primary N) is 2. The number of carbonyl (C=O) groups excluding carboxylic acids is 1. The van der Waals surface area contributed by atoms with Crippen LogP contribution in [0.15, 0.2) is 24.3 Å². The summed E-state index contributed by atoms with van der Waals surface area (Å²) in [6, 6.07) is 6.74. The van der Waals surface area contributed by atoms with Crippen molar-refractivity contribution in [2.45, 2.75) is 26.7 Å².